The zero-order valence-electron chi connectivity index (χ0n) is 13.5. The Morgan fingerprint density at radius 1 is 1.04 bits per heavy atom. The van der Waals surface area contributed by atoms with Crippen LogP contribution < -0.4 is 5.32 Å². The van der Waals surface area contributed by atoms with Crippen LogP contribution >= 0.6 is 15.9 Å². The number of esters is 1. The lowest BCUT2D eigenvalue weighted by Crippen LogP contribution is -2.14. The van der Waals surface area contributed by atoms with E-state index in [1.165, 1.54) is 0 Å². The molecule has 4 nitrogen and oxygen atoms in total. The fourth-order valence-corrected chi connectivity index (χ4v) is 2.34. The Labute approximate surface area is 150 Å². The van der Waals surface area contributed by atoms with Gasteiger partial charge in [0.2, 0.25) is 5.91 Å². The Kier molecular flexibility index (Phi) is 7.00. The third-order valence-corrected chi connectivity index (χ3v) is 3.94. The number of ether oxygens (including phenoxy) is 1. The predicted molar refractivity (Wildman–Crippen MR) is 98.1 cm³/mol. The van der Waals surface area contributed by atoms with Gasteiger partial charge in [0, 0.05) is 10.2 Å². The summed E-state index contributed by atoms with van der Waals surface area (Å²) in [5.41, 5.74) is 2.08. The maximum Gasteiger partial charge on any atom is 0.338 e. The Bertz CT molecular complexity index is 681. The van der Waals surface area contributed by atoms with Crippen LogP contribution in [0.5, 0.6) is 0 Å². The van der Waals surface area contributed by atoms with Crippen molar-refractivity contribution in [1.82, 2.24) is 0 Å². The van der Waals surface area contributed by atoms with E-state index < -0.39 is 0 Å². The number of benzene rings is 2. The van der Waals surface area contributed by atoms with Gasteiger partial charge in [0.1, 0.15) is 0 Å². The molecule has 0 heterocycles. The van der Waals surface area contributed by atoms with Gasteiger partial charge in [0.25, 0.3) is 0 Å². The summed E-state index contributed by atoms with van der Waals surface area (Å²) < 4.78 is 6.13. The van der Waals surface area contributed by atoms with Gasteiger partial charge in [-0.1, -0.05) is 41.4 Å². The van der Waals surface area contributed by atoms with Crippen LogP contribution in [0.3, 0.4) is 0 Å². The summed E-state index contributed by atoms with van der Waals surface area (Å²) in [5, 5.41) is 2.82. The monoisotopic (exact) mass is 389 g/mol. The Hall–Kier alpha value is -2.14. The highest BCUT2D eigenvalue weighted by atomic mass is 79.9. The van der Waals surface area contributed by atoms with Gasteiger partial charge in [-0.05, 0) is 48.4 Å². The molecular weight excluding hydrogens is 370 g/mol. The van der Waals surface area contributed by atoms with Crippen molar-refractivity contribution in [3.63, 3.8) is 0 Å². The number of hydrogen-bond donors (Lipinski definition) is 1. The number of amides is 1. The van der Waals surface area contributed by atoms with E-state index in [4.69, 9.17) is 4.74 Å². The second-order valence-corrected chi connectivity index (χ2v) is 6.33. The van der Waals surface area contributed by atoms with Gasteiger partial charge >= 0.3 is 5.97 Å². The van der Waals surface area contributed by atoms with Crippen LogP contribution in [0.15, 0.2) is 53.0 Å². The minimum Gasteiger partial charge on any atom is -0.462 e. The minimum absolute atomic E-state index is 0.101. The van der Waals surface area contributed by atoms with Crippen LogP contribution in [0.25, 0.3) is 0 Å². The first-order valence-corrected chi connectivity index (χ1v) is 8.69. The number of nitrogens with one attached hydrogen (secondary N) is 1. The highest BCUT2D eigenvalue weighted by molar-refractivity contribution is 9.10. The van der Waals surface area contributed by atoms with Gasteiger partial charge in [0.15, 0.2) is 0 Å². The molecule has 2 rings (SSSR count). The molecule has 0 aliphatic rings. The van der Waals surface area contributed by atoms with E-state index in [0.717, 1.165) is 22.9 Å². The van der Waals surface area contributed by atoms with Gasteiger partial charge in [0.05, 0.1) is 18.6 Å². The zero-order valence-corrected chi connectivity index (χ0v) is 15.1. The van der Waals surface area contributed by atoms with E-state index >= 15 is 0 Å². The lowest BCUT2D eigenvalue weighted by molar-refractivity contribution is -0.115. The van der Waals surface area contributed by atoms with Crippen molar-refractivity contribution >= 4 is 33.5 Å². The molecule has 0 radical (unpaired) electrons. The normalized spacial score (nSPS) is 10.2. The second-order valence-electron chi connectivity index (χ2n) is 5.42. The van der Waals surface area contributed by atoms with Crippen LogP contribution in [0.1, 0.15) is 35.7 Å². The fourth-order valence-electron chi connectivity index (χ4n) is 2.08. The van der Waals surface area contributed by atoms with E-state index in [1.807, 2.05) is 31.2 Å². The van der Waals surface area contributed by atoms with Crippen molar-refractivity contribution in [3.05, 3.63) is 64.1 Å². The molecule has 0 spiro atoms. The first kappa shape index (κ1) is 18.2. The molecule has 24 heavy (non-hydrogen) atoms. The molecular formula is C19H20BrNO3. The Morgan fingerprint density at radius 3 is 2.33 bits per heavy atom. The average Bonchev–Trinajstić information content (AvgIpc) is 2.58. The number of anilines is 1. The van der Waals surface area contributed by atoms with Gasteiger partial charge in [-0.15, -0.1) is 0 Å². The van der Waals surface area contributed by atoms with E-state index in [1.54, 1.807) is 24.3 Å². The largest absolute Gasteiger partial charge is 0.462 e. The van der Waals surface area contributed by atoms with Crippen molar-refractivity contribution < 1.29 is 14.3 Å². The molecule has 2 aromatic carbocycles. The molecule has 126 valence electrons. The molecule has 2 aromatic rings. The van der Waals surface area contributed by atoms with Crippen molar-refractivity contribution in [2.45, 2.75) is 26.2 Å². The minimum atomic E-state index is -0.337. The van der Waals surface area contributed by atoms with Crippen molar-refractivity contribution in [3.8, 4) is 0 Å². The molecule has 0 atom stereocenters. The number of rotatable bonds is 7. The highest BCUT2D eigenvalue weighted by Crippen LogP contribution is 2.13. The smallest absolute Gasteiger partial charge is 0.338 e. The standard InChI is InChI=1S/C19H20BrNO3/c1-2-3-12-24-19(23)15-6-10-17(11-7-15)21-18(22)13-14-4-8-16(20)9-5-14/h4-11H,2-3,12-13H2,1H3,(H,21,22). The lowest BCUT2D eigenvalue weighted by atomic mass is 10.1. The Balaban J connectivity index is 1.87. The van der Waals surface area contributed by atoms with Crippen LogP contribution in [0, 0.1) is 0 Å². The van der Waals surface area contributed by atoms with E-state index in [9.17, 15) is 9.59 Å². The van der Waals surface area contributed by atoms with Crippen LogP contribution in [-0.2, 0) is 16.0 Å². The third-order valence-electron chi connectivity index (χ3n) is 3.41. The number of carbonyl (C=O) groups is 2. The third kappa shape index (κ3) is 5.81. The zero-order chi connectivity index (χ0) is 17.4. The Morgan fingerprint density at radius 2 is 1.71 bits per heavy atom. The van der Waals surface area contributed by atoms with Crippen molar-refractivity contribution in [2.75, 3.05) is 11.9 Å². The molecule has 0 aliphatic carbocycles. The summed E-state index contributed by atoms with van der Waals surface area (Å²) in [7, 11) is 0. The summed E-state index contributed by atoms with van der Waals surface area (Å²) in [6.45, 7) is 2.47. The molecule has 0 fully saturated rings. The van der Waals surface area contributed by atoms with Gasteiger partial charge in [-0.25, -0.2) is 4.79 Å². The van der Waals surface area contributed by atoms with Crippen LogP contribution in [0.4, 0.5) is 5.69 Å². The summed E-state index contributed by atoms with van der Waals surface area (Å²) >= 11 is 3.37. The quantitative estimate of drug-likeness (QED) is 0.556. The van der Waals surface area contributed by atoms with E-state index in [-0.39, 0.29) is 11.9 Å². The molecule has 0 saturated heterocycles. The lowest BCUT2D eigenvalue weighted by Gasteiger charge is -2.07. The van der Waals surface area contributed by atoms with Crippen LogP contribution in [-0.4, -0.2) is 18.5 Å². The molecule has 5 heteroatoms. The SMILES string of the molecule is CCCCOC(=O)c1ccc(NC(=O)Cc2ccc(Br)cc2)cc1. The topological polar surface area (TPSA) is 55.4 Å². The molecule has 0 unspecified atom stereocenters. The number of unbranched alkanes of at least 4 members (excludes halogenated alkanes) is 1. The van der Waals surface area contributed by atoms with Gasteiger partial charge in [-0.3, -0.25) is 4.79 Å². The number of carbonyl (C=O) groups excluding carboxylic acids is 2. The van der Waals surface area contributed by atoms with E-state index in [0.29, 0.717) is 24.3 Å². The first-order chi connectivity index (χ1) is 11.6. The average molecular weight is 390 g/mol. The van der Waals surface area contributed by atoms with Gasteiger partial charge < -0.3 is 10.1 Å². The molecule has 0 saturated carbocycles. The summed E-state index contributed by atoms with van der Waals surface area (Å²) in [4.78, 5) is 23.9. The van der Waals surface area contributed by atoms with Crippen molar-refractivity contribution in [1.29, 1.82) is 0 Å². The van der Waals surface area contributed by atoms with E-state index in [2.05, 4.69) is 21.2 Å². The second kappa shape index (κ2) is 9.23. The van der Waals surface area contributed by atoms with Gasteiger partial charge in [-0.2, -0.15) is 0 Å². The first-order valence-electron chi connectivity index (χ1n) is 7.90. The predicted octanol–water partition coefficient (Wildman–Crippen LogP) is 4.59. The number of hydrogen-bond acceptors (Lipinski definition) is 3. The summed E-state index contributed by atoms with van der Waals surface area (Å²) in [6, 6.07) is 14.3. The number of halogens is 1. The summed E-state index contributed by atoms with van der Waals surface area (Å²) in [6.07, 6.45) is 2.14. The van der Waals surface area contributed by atoms with Crippen molar-refractivity contribution in [2.24, 2.45) is 0 Å². The summed E-state index contributed by atoms with van der Waals surface area (Å²) in [5.74, 6) is -0.438. The molecule has 1 amide bonds. The maximum absolute atomic E-state index is 12.0. The fraction of sp³-hybridized carbons (Fsp3) is 0.263. The van der Waals surface area contributed by atoms with Crippen LogP contribution in [0.2, 0.25) is 0 Å². The molecule has 1 N–H and O–H groups in total. The molecule has 0 bridgehead atoms. The molecule has 0 aromatic heterocycles. The highest BCUT2D eigenvalue weighted by Gasteiger charge is 2.08. The maximum atomic E-state index is 12.0. The molecule has 0 aliphatic heterocycles.